The second-order valence-corrected chi connectivity index (χ2v) is 11.8. The summed E-state index contributed by atoms with van der Waals surface area (Å²) in [6.07, 6.45) is 5.26. The highest BCUT2D eigenvalue weighted by molar-refractivity contribution is 6.01. The second kappa shape index (κ2) is 13.7. The summed E-state index contributed by atoms with van der Waals surface area (Å²) in [6, 6.07) is 13.4. The van der Waals surface area contributed by atoms with Crippen LogP contribution in [0.4, 0.5) is 5.69 Å². The maximum Gasteiger partial charge on any atom is 0.308 e. The highest BCUT2D eigenvalue weighted by Crippen LogP contribution is 2.41. The second-order valence-electron chi connectivity index (χ2n) is 11.8. The molecule has 9 nitrogen and oxygen atoms in total. The van der Waals surface area contributed by atoms with Crippen LogP contribution in [0.2, 0.25) is 0 Å². The molecule has 9 heteroatoms. The van der Waals surface area contributed by atoms with Gasteiger partial charge in [0.1, 0.15) is 5.75 Å². The summed E-state index contributed by atoms with van der Waals surface area (Å²) in [7, 11) is 0. The lowest BCUT2D eigenvalue weighted by molar-refractivity contribution is -0.143. The molecule has 2 amide bonds. The summed E-state index contributed by atoms with van der Waals surface area (Å²) in [5.41, 5.74) is 9.68. The molecule has 0 radical (unpaired) electrons. The molecule has 3 atom stereocenters. The van der Waals surface area contributed by atoms with E-state index in [1.165, 1.54) is 0 Å². The van der Waals surface area contributed by atoms with Gasteiger partial charge in [0.25, 0.3) is 0 Å². The van der Waals surface area contributed by atoms with Crippen molar-refractivity contribution < 1.29 is 24.2 Å². The Morgan fingerprint density at radius 2 is 1.90 bits per heavy atom. The van der Waals surface area contributed by atoms with Gasteiger partial charge in [0.15, 0.2) is 0 Å². The first-order valence-electron chi connectivity index (χ1n) is 15.5. The molecule has 3 aliphatic heterocycles. The average Bonchev–Trinajstić information content (AvgIpc) is 3.68. The number of ether oxygens (including phenoxy) is 1. The number of benzene rings is 2. The van der Waals surface area contributed by atoms with Crippen LogP contribution in [0.5, 0.6) is 5.75 Å². The van der Waals surface area contributed by atoms with Gasteiger partial charge in [-0.25, -0.2) is 0 Å². The molecule has 0 bridgehead atoms. The van der Waals surface area contributed by atoms with Gasteiger partial charge >= 0.3 is 5.97 Å². The van der Waals surface area contributed by atoms with Crippen LogP contribution >= 0.6 is 0 Å². The quantitative estimate of drug-likeness (QED) is 0.331. The number of anilines is 1. The van der Waals surface area contributed by atoms with E-state index in [9.17, 15) is 19.5 Å². The first-order valence-corrected chi connectivity index (χ1v) is 15.5. The van der Waals surface area contributed by atoms with Gasteiger partial charge in [-0.3, -0.25) is 19.3 Å². The van der Waals surface area contributed by atoms with E-state index in [4.69, 9.17) is 10.5 Å². The number of carbonyl (C=O) groups is 3. The molecule has 1 saturated heterocycles. The topological polar surface area (TPSA) is 116 Å². The molecule has 3 aliphatic rings. The van der Waals surface area contributed by atoms with E-state index >= 15 is 0 Å². The van der Waals surface area contributed by atoms with Crippen LogP contribution < -0.4 is 15.4 Å². The summed E-state index contributed by atoms with van der Waals surface area (Å²) in [4.78, 5) is 45.4. The number of nitrogens with zero attached hydrogens (tertiary/aromatic N) is 3. The van der Waals surface area contributed by atoms with E-state index in [2.05, 4.69) is 17.9 Å². The maximum atomic E-state index is 13.7. The number of para-hydroxylation sites is 1. The molecule has 3 heterocycles. The summed E-state index contributed by atoms with van der Waals surface area (Å²) < 4.78 is 5.70. The zero-order valence-corrected chi connectivity index (χ0v) is 24.7. The van der Waals surface area contributed by atoms with Gasteiger partial charge in [0.05, 0.1) is 25.5 Å². The Bertz CT molecular complexity index is 1280. The first kappa shape index (κ1) is 30.0. The molecular formula is C33H44N4O5. The van der Waals surface area contributed by atoms with E-state index in [-0.39, 0.29) is 24.3 Å². The first-order chi connectivity index (χ1) is 20.4. The Morgan fingerprint density at radius 3 is 2.69 bits per heavy atom. The number of amides is 2. The van der Waals surface area contributed by atoms with Crippen molar-refractivity contribution in [1.82, 2.24) is 9.80 Å². The molecule has 0 aliphatic carbocycles. The van der Waals surface area contributed by atoms with Crippen LogP contribution in [0.1, 0.15) is 61.6 Å². The third-order valence-corrected chi connectivity index (χ3v) is 9.10. The van der Waals surface area contributed by atoms with Crippen molar-refractivity contribution in [3.63, 3.8) is 0 Å². The molecule has 42 heavy (non-hydrogen) atoms. The molecule has 2 aromatic rings. The fourth-order valence-corrected chi connectivity index (χ4v) is 6.88. The molecule has 2 aromatic carbocycles. The molecule has 5 rings (SSSR count). The maximum absolute atomic E-state index is 13.7. The molecule has 3 N–H and O–H groups in total. The van der Waals surface area contributed by atoms with Crippen molar-refractivity contribution in [2.24, 2.45) is 11.7 Å². The van der Waals surface area contributed by atoms with E-state index in [1.54, 1.807) is 4.90 Å². The van der Waals surface area contributed by atoms with Gasteiger partial charge in [0.2, 0.25) is 11.8 Å². The average molecular weight is 577 g/mol. The number of carboxylic acids is 1. The SMILES string of the molecule is CCCCN(CCCCN)C(=O)CN1C[C@H](c2ccc3c(c2)CCO3)C(C(=O)O)[C@@H]1CCN1C(=O)Cc2ccccc21. The highest BCUT2D eigenvalue weighted by atomic mass is 16.5. The van der Waals surface area contributed by atoms with Crippen LogP contribution in [-0.2, 0) is 27.2 Å². The summed E-state index contributed by atoms with van der Waals surface area (Å²) >= 11 is 0. The Kier molecular flexibility index (Phi) is 9.80. The minimum Gasteiger partial charge on any atom is -0.493 e. The molecule has 1 fully saturated rings. The van der Waals surface area contributed by atoms with Crippen molar-refractivity contribution in [2.45, 2.75) is 63.8 Å². The van der Waals surface area contributed by atoms with E-state index in [0.29, 0.717) is 52.2 Å². The van der Waals surface area contributed by atoms with Gasteiger partial charge in [-0.1, -0.05) is 43.7 Å². The molecule has 1 unspecified atom stereocenters. The third-order valence-electron chi connectivity index (χ3n) is 9.10. The standard InChI is InChI=1S/C33H44N4O5/c1-2-3-15-35(16-7-6-14-34)31(39)22-36-21-26(23-10-11-29-25(19-23)13-18-42-29)32(33(40)41)28(36)12-17-37-27-9-5-4-8-24(27)20-30(37)38/h4-5,8-11,19,26,28,32H,2-3,6-7,12-18,20-22,34H2,1H3,(H,40,41)/t26-,28+,32?/m1/s1. The summed E-state index contributed by atoms with van der Waals surface area (Å²) in [5, 5.41) is 10.6. The van der Waals surface area contributed by atoms with Crippen molar-refractivity contribution in [2.75, 3.05) is 50.8 Å². The van der Waals surface area contributed by atoms with Crippen LogP contribution in [0.3, 0.4) is 0 Å². The largest absolute Gasteiger partial charge is 0.493 e. The number of carboxylic acid groups (broad SMARTS) is 1. The highest BCUT2D eigenvalue weighted by Gasteiger charge is 2.47. The van der Waals surface area contributed by atoms with Crippen LogP contribution in [0.25, 0.3) is 0 Å². The lowest BCUT2D eigenvalue weighted by Crippen LogP contribution is -2.46. The number of aliphatic carboxylic acids is 1. The lowest BCUT2D eigenvalue weighted by atomic mass is 9.83. The minimum atomic E-state index is -0.865. The fraction of sp³-hybridized carbons (Fsp3) is 0.545. The number of rotatable bonds is 14. The zero-order valence-electron chi connectivity index (χ0n) is 24.7. The number of likely N-dealkylation sites (tertiary alicyclic amines) is 1. The van der Waals surface area contributed by atoms with Crippen molar-refractivity contribution in [1.29, 1.82) is 0 Å². The van der Waals surface area contributed by atoms with Crippen molar-refractivity contribution >= 4 is 23.5 Å². The number of hydrogen-bond acceptors (Lipinski definition) is 6. The van der Waals surface area contributed by atoms with Gasteiger partial charge in [-0.05, 0) is 61.1 Å². The predicted molar refractivity (Wildman–Crippen MR) is 162 cm³/mol. The van der Waals surface area contributed by atoms with E-state index in [0.717, 1.165) is 60.2 Å². The van der Waals surface area contributed by atoms with E-state index in [1.807, 2.05) is 41.3 Å². The third kappa shape index (κ3) is 6.47. The van der Waals surface area contributed by atoms with Gasteiger partial charge in [-0.2, -0.15) is 0 Å². The minimum absolute atomic E-state index is 0.0280. The van der Waals surface area contributed by atoms with Crippen LogP contribution in [-0.4, -0.2) is 84.6 Å². The predicted octanol–water partition coefficient (Wildman–Crippen LogP) is 3.44. The van der Waals surface area contributed by atoms with Gasteiger partial charge < -0.3 is 25.4 Å². The molecule has 0 aromatic heterocycles. The number of unbranched alkanes of at least 4 members (excludes halogenated alkanes) is 2. The normalized spacial score (nSPS) is 21.3. The zero-order chi connectivity index (χ0) is 29.6. The fourth-order valence-electron chi connectivity index (χ4n) is 6.88. The Labute approximate surface area is 248 Å². The Balaban J connectivity index is 1.40. The van der Waals surface area contributed by atoms with Crippen LogP contribution in [0, 0.1) is 5.92 Å². The number of nitrogens with two attached hydrogens (primary N) is 1. The smallest absolute Gasteiger partial charge is 0.308 e. The monoisotopic (exact) mass is 576 g/mol. The van der Waals surface area contributed by atoms with Gasteiger partial charge in [-0.15, -0.1) is 0 Å². The Morgan fingerprint density at radius 1 is 1.10 bits per heavy atom. The molecular weight excluding hydrogens is 532 g/mol. The van der Waals surface area contributed by atoms with E-state index < -0.39 is 17.9 Å². The number of carbonyl (C=O) groups excluding carboxylic acids is 2. The summed E-state index contributed by atoms with van der Waals surface area (Å²) in [5.74, 6) is -0.913. The van der Waals surface area contributed by atoms with Crippen LogP contribution in [0.15, 0.2) is 42.5 Å². The molecule has 226 valence electrons. The van der Waals surface area contributed by atoms with Crippen molar-refractivity contribution in [3.05, 3.63) is 59.2 Å². The van der Waals surface area contributed by atoms with Gasteiger partial charge in [0, 0.05) is 50.2 Å². The molecule has 0 spiro atoms. The van der Waals surface area contributed by atoms with Crippen molar-refractivity contribution in [3.8, 4) is 5.75 Å². The Hall–Kier alpha value is -3.43. The number of hydrogen-bond donors (Lipinski definition) is 2. The number of fused-ring (bicyclic) bond motifs is 2. The molecule has 0 saturated carbocycles. The lowest BCUT2D eigenvalue weighted by Gasteiger charge is -2.31. The summed E-state index contributed by atoms with van der Waals surface area (Å²) in [6.45, 7) is 5.74.